The van der Waals surface area contributed by atoms with Crippen molar-refractivity contribution in [1.29, 1.82) is 5.26 Å². The van der Waals surface area contributed by atoms with E-state index in [4.69, 9.17) is 4.74 Å². The van der Waals surface area contributed by atoms with E-state index in [1.54, 1.807) is 31.4 Å². The zero-order chi connectivity index (χ0) is 15.4. The van der Waals surface area contributed by atoms with E-state index in [1.165, 1.54) is 6.07 Å². The molecule has 0 spiro atoms. The summed E-state index contributed by atoms with van der Waals surface area (Å²) in [5.41, 5.74) is 1.30. The zero-order valence-corrected chi connectivity index (χ0v) is 14.2. The third kappa shape index (κ3) is 3.52. The Hall–Kier alpha value is -1.64. The highest BCUT2D eigenvalue weighted by Gasteiger charge is 2.10. The van der Waals surface area contributed by atoms with Crippen LogP contribution in [0.5, 0.6) is 5.75 Å². The average Bonchev–Trinajstić information content (AvgIpc) is 2.45. The fraction of sp³-hybridized carbons (Fsp3) is 0.0625. The third-order valence-corrected chi connectivity index (χ3v) is 4.00. The van der Waals surface area contributed by atoms with E-state index >= 15 is 0 Å². The minimum absolute atomic E-state index is 0.261. The molecule has 0 aliphatic carbocycles. The Kier molecular flexibility index (Phi) is 5.16. The van der Waals surface area contributed by atoms with Crippen molar-refractivity contribution in [2.24, 2.45) is 0 Å². The van der Waals surface area contributed by atoms with Crippen molar-refractivity contribution in [3.63, 3.8) is 0 Å². The molecule has 2 aromatic carbocycles. The standard InChI is InChI=1S/C16H10Br2FNO/c1-21-16-13(17)7-10(8-14(16)18)6-11(9-20)12-4-2-3-5-15(12)19/h2-8H,1H3. The fourth-order valence-corrected chi connectivity index (χ4v) is 3.42. The number of nitriles is 1. The van der Waals surface area contributed by atoms with Gasteiger partial charge in [0.25, 0.3) is 0 Å². The molecule has 0 aromatic heterocycles. The largest absolute Gasteiger partial charge is 0.494 e. The van der Waals surface area contributed by atoms with Gasteiger partial charge in [-0.15, -0.1) is 0 Å². The van der Waals surface area contributed by atoms with E-state index in [-0.39, 0.29) is 11.1 Å². The molecule has 0 atom stereocenters. The SMILES string of the molecule is COc1c(Br)cc(C=C(C#N)c2ccccc2F)cc1Br. The van der Waals surface area contributed by atoms with Crippen LogP contribution in [-0.2, 0) is 0 Å². The Morgan fingerprint density at radius 2 is 1.86 bits per heavy atom. The van der Waals surface area contributed by atoms with Gasteiger partial charge in [0, 0.05) is 5.56 Å². The summed E-state index contributed by atoms with van der Waals surface area (Å²) in [4.78, 5) is 0. The third-order valence-electron chi connectivity index (χ3n) is 2.82. The lowest BCUT2D eigenvalue weighted by atomic mass is 10.0. The molecular formula is C16H10Br2FNO. The van der Waals surface area contributed by atoms with Gasteiger partial charge in [-0.25, -0.2) is 4.39 Å². The maximum absolute atomic E-state index is 13.8. The van der Waals surface area contributed by atoms with Crippen LogP contribution in [0, 0.1) is 17.1 Å². The molecule has 0 amide bonds. The second-order valence-corrected chi connectivity index (χ2v) is 5.88. The molecule has 0 bridgehead atoms. The summed E-state index contributed by atoms with van der Waals surface area (Å²) in [6.07, 6.45) is 1.63. The summed E-state index contributed by atoms with van der Waals surface area (Å²) in [7, 11) is 1.57. The first kappa shape index (κ1) is 15.7. The van der Waals surface area contributed by atoms with E-state index in [1.807, 2.05) is 18.2 Å². The highest BCUT2D eigenvalue weighted by molar-refractivity contribution is 9.11. The molecule has 21 heavy (non-hydrogen) atoms. The van der Waals surface area contributed by atoms with E-state index in [9.17, 15) is 9.65 Å². The van der Waals surface area contributed by atoms with Crippen LogP contribution in [0.15, 0.2) is 45.3 Å². The number of methoxy groups -OCH3 is 1. The summed E-state index contributed by atoms with van der Waals surface area (Å²) in [5, 5.41) is 9.27. The van der Waals surface area contributed by atoms with Crippen LogP contribution in [0.1, 0.15) is 11.1 Å². The summed E-state index contributed by atoms with van der Waals surface area (Å²) in [5.74, 6) is 0.244. The molecule has 5 heteroatoms. The predicted octanol–water partition coefficient (Wildman–Crippen LogP) is 5.42. The molecule has 2 aromatic rings. The molecular weight excluding hydrogens is 401 g/mol. The maximum atomic E-state index is 13.8. The Bertz CT molecular complexity index is 727. The van der Waals surface area contributed by atoms with Crippen molar-refractivity contribution in [3.8, 4) is 11.8 Å². The van der Waals surface area contributed by atoms with E-state index < -0.39 is 5.82 Å². The van der Waals surface area contributed by atoms with Gasteiger partial charge in [0.15, 0.2) is 0 Å². The topological polar surface area (TPSA) is 33.0 Å². The number of ether oxygens (including phenoxy) is 1. The smallest absolute Gasteiger partial charge is 0.147 e. The number of allylic oxidation sites excluding steroid dienone is 1. The van der Waals surface area contributed by atoms with Crippen LogP contribution in [0.2, 0.25) is 0 Å². The molecule has 0 aliphatic rings. The second kappa shape index (κ2) is 6.88. The molecule has 2 nitrogen and oxygen atoms in total. The lowest BCUT2D eigenvalue weighted by molar-refractivity contribution is 0.409. The molecule has 106 valence electrons. The summed E-state index contributed by atoms with van der Waals surface area (Å²) in [6.45, 7) is 0. The van der Waals surface area contributed by atoms with E-state index in [0.29, 0.717) is 5.75 Å². The van der Waals surface area contributed by atoms with Crippen molar-refractivity contribution in [2.45, 2.75) is 0 Å². The molecule has 2 rings (SSSR count). The summed E-state index contributed by atoms with van der Waals surface area (Å²) < 4.78 is 20.5. The first-order chi connectivity index (χ1) is 10.1. The Labute approximate surface area is 139 Å². The number of rotatable bonds is 3. The van der Waals surface area contributed by atoms with Crippen molar-refractivity contribution in [3.05, 3.63) is 62.3 Å². The van der Waals surface area contributed by atoms with Crippen molar-refractivity contribution >= 4 is 43.5 Å². The number of hydrogen-bond donors (Lipinski definition) is 0. The minimum Gasteiger partial charge on any atom is -0.494 e. The van der Waals surface area contributed by atoms with Gasteiger partial charge in [-0.3, -0.25) is 0 Å². The van der Waals surface area contributed by atoms with Gasteiger partial charge < -0.3 is 4.74 Å². The maximum Gasteiger partial charge on any atom is 0.147 e. The monoisotopic (exact) mass is 409 g/mol. The molecule has 0 fully saturated rings. The molecule has 0 N–H and O–H groups in total. The first-order valence-corrected chi connectivity index (χ1v) is 7.55. The molecule has 0 radical (unpaired) electrons. The number of halogens is 3. The molecule has 0 heterocycles. The van der Waals surface area contributed by atoms with Gasteiger partial charge in [0.05, 0.1) is 27.7 Å². The van der Waals surface area contributed by atoms with Gasteiger partial charge in [-0.2, -0.15) is 5.26 Å². The Morgan fingerprint density at radius 3 is 2.38 bits per heavy atom. The Balaban J connectivity index is 2.52. The van der Waals surface area contributed by atoms with Crippen LogP contribution in [0.3, 0.4) is 0 Å². The normalized spacial score (nSPS) is 11.1. The van der Waals surface area contributed by atoms with Gasteiger partial charge in [-0.05, 0) is 61.7 Å². The van der Waals surface area contributed by atoms with Crippen LogP contribution in [0.4, 0.5) is 4.39 Å². The molecule has 0 aliphatic heterocycles. The lowest BCUT2D eigenvalue weighted by Crippen LogP contribution is -1.89. The fourth-order valence-electron chi connectivity index (χ4n) is 1.87. The molecule has 0 saturated carbocycles. The van der Waals surface area contributed by atoms with Crippen molar-refractivity contribution in [2.75, 3.05) is 7.11 Å². The summed E-state index contributed by atoms with van der Waals surface area (Å²) in [6, 6.07) is 11.9. The van der Waals surface area contributed by atoms with Crippen LogP contribution >= 0.6 is 31.9 Å². The number of nitrogens with zero attached hydrogens (tertiary/aromatic N) is 1. The van der Waals surface area contributed by atoms with Crippen LogP contribution < -0.4 is 4.74 Å². The highest BCUT2D eigenvalue weighted by Crippen LogP contribution is 2.35. The van der Waals surface area contributed by atoms with Crippen LogP contribution in [-0.4, -0.2) is 7.11 Å². The van der Waals surface area contributed by atoms with Gasteiger partial charge in [0.1, 0.15) is 11.6 Å². The average molecular weight is 411 g/mol. The predicted molar refractivity (Wildman–Crippen MR) is 88.3 cm³/mol. The van der Waals surface area contributed by atoms with Gasteiger partial charge in [-0.1, -0.05) is 18.2 Å². The van der Waals surface area contributed by atoms with Crippen molar-refractivity contribution in [1.82, 2.24) is 0 Å². The lowest BCUT2D eigenvalue weighted by Gasteiger charge is -2.08. The molecule has 0 unspecified atom stereocenters. The van der Waals surface area contributed by atoms with Gasteiger partial charge >= 0.3 is 0 Å². The highest BCUT2D eigenvalue weighted by atomic mass is 79.9. The molecule has 0 saturated heterocycles. The second-order valence-electron chi connectivity index (χ2n) is 4.17. The van der Waals surface area contributed by atoms with Gasteiger partial charge in [0.2, 0.25) is 0 Å². The van der Waals surface area contributed by atoms with Crippen molar-refractivity contribution < 1.29 is 9.13 Å². The van der Waals surface area contributed by atoms with Crippen LogP contribution in [0.25, 0.3) is 11.6 Å². The van der Waals surface area contributed by atoms with E-state index in [0.717, 1.165) is 14.5 Å². The number of hydrogen-bond acceptors (Lipinski definition) is 2. The first-order valence-electron chi connectivity index (χ1n) is 5.96. The Morgan fingerprint density at radius 1 is 1.24 bits per heavy atom. The minimum atomic E-state index is -0.419. The zero-order valence-electron chi connectivity index (χ0n) is 11.0. The van der Waals surface area contributed by atoms with E-state index in [2.05, 4.69) is 31.9 Å². The summed E-state index contributed by atoms with van der Waals surface area (Å²) >= 11 is 6.80. The number of benzene rings is 2. The quantitative estimate of drug-likeness (QED) is 0.499.